The fourth-order valence-corrected chi connectivity index (χ4v) is 3.14. The van der Waals surface area contributed by atoms with Crippen LogP contribution in [-0.4, -0.2) is 10.2 Å². The van der Waals surface area contributed by atoms with E-state index in [0.29, 0.717) is 11.1 Å². The Morgan fingerprint density at radius 3 is 2.19 bits per heavy atom. The Kier molecular flexibility index (Phi) is 7.18. The van der Waals surface area contributed by atoms with Crippen molar-refractivity contribution >= 4 is 45.9 Å². The molecule has 2 aromatic rings. The monoisotopic (exact) mass is 384 g/mol. The average molecular weight is 384 g/mol. The Morgan fingerprint density at radius 1 is 1.00 bits per heavy atom. The number of benzene rings is 2. The van der Waals surface area contributed by atoms with Crippen molar-refractivity contribution in [3.8, 4) is 0 Å². The molecule has 0 saturated heterocycles. The second kappa shape index (κ2) is 9.36. The molecule has 0 aliphatic rings. The van der Waals surface area contributed by atoms with Gasteiger partial charge in [0.2, 0.25) is 10.2 Å². The molecule has 0 fully saturated rings. The van der Waals surface area contributed by atoms with Crippen LogP contribution in [0.1, 0.15) is 18.1 Å². The number of hydrogen-bond acceptors (Lipinski definition) is 4. The molecule has 0 amide bonds. The van der Waals surface area contributed by atoms with Gasteiger partial charge in [-0.25, -0.2) is 4.39 Å². The highest BCUT2D eigenvalue weighted by Gasteiger charge is 2.10. The van der Waals surface area contributed by atoms with Crippen LogP contribution in [0.25, 0.3) is 12.2 Å². The topological polar surface area (TPSA) is 34.1 Å². The molecule has 0 unspecified atom stereocenters. The molecule has 0 N–H and O–H groups in total. The SMILES string of the molecule is C=CC(=O)Sc1ccc(C=Cc2ccc(SC(=O)C(=C)C)c(F)c2)cc1. The molecule has 0 spiro atoms. The zero-order valence-corrected chi connectivity index (χ0v) is 15.8. The van der Waals surface area contributed by atoms with Gasteiger partial charge in [-0.05, 0) is 77.5 Å². The highest BCUT2D eigenvalue weighted by Crippen LogP contribution is 2.26. The molecule has 2 nitrogen and oxygen atoms in total. The lowest BCUT2D eigenvalue weighted by Crippen LogP contribution is -1.93. The maximum atomic E-state index is 14.1. The fourth-order valence-electron chi connectivity index (χ4n) is 1.89. The van der Waals surface area contributed by atoms with Crippen molar-refractivity contribution in [2.75, 3.05) is 0 Å². The van der Waals surface area contributed by atoms with Gasteiger partial charge in [-0.3, -0.25) is 9.59 Å². The van der Waals surface area contributed by atoms with Crippen molar-refractivity contribution in [1.29, 1.82) is 0 Å². The number of carbonyl (C=O) groups excluding carboxylic acids is 2. The number of halogens is 1. The molecule has 0 aliphatic carbocycles. The molecule has 0 aliphatic heterocycles. The Hall–Kier alpha value is -2.37. The van der Waals surface area contributed by atoms with E-state index in [1.807, 2.05) is 30.3 Å². The second-order valence-corrected chi connectivity index (χ2v) is 7.48. The smallest absolute Gasteiger partial charge is 0.219 e. The quantitative estimate of drug-likeness (QED) is 0.348. The molecule has 0 aromatic heterocycles. The summed E-state index contributed by atoms with van der Waals surface area (Å²) in [5.74, 6) is -0.443. The lowest BCUT2D eigenvalue weighted by atomic mass is 10.1. The van der Waals surface area contributed by atoms with Gasteiger partial charge in [-0.15, -0.1) is 0 Å². The van der Waals surface area contributed by atoms with Gasteiger partial charge < -0.3 is 0 Å². The Morgan fingerprint density at radius 2 is 1.62 bits per heavy atom. The van der Waals surface area contributed by atoms with Gasteiger partial charge in [0, 0.05) is 4.90 Å². The lowest BCUT2D eigenvalue weighted by Gasteiger charge is -2.03. The highest BCUT2D eigenvalue weighted by molar-refractivity contribution is 8.14. The van der Waals surface area contributed by atoms with E-state index in [1.165, 1.54) is 12.1 Å². The summed E-state index contributed by atoms with van der Waals surface area (Å²) >= 11 is 1.95. The Balaban J connectivity index is 2.07. The maximum absolute atomic E-state index is 14.1. The van der Waals surface area contributed by atoms with Gasteiger partial charge in [0.1, 0.15) is 5.82 Å². The van der Waals surface area contributed by atoms with E-state index in [1.54, 1.807) is 25.1 Å². The van der Waals surface area contributed by atoms with E-state index in [4.69, 9.17) is 0 Å². The third-order valence-electron chi connectivity index (χ3n) is 3.24. The molecule has 26 heavy (non-hydrogen) atoms. The van der Waals surface area contributed by atoms with Crippen LogP contribution in [0.15, 0.2) is 77.1 Å². The van der Waals surface area contributed by atoms with Crippen molar-refractivity contribution in [3.05, 3.63) is 84.2 Å². The average Bonchev–Trinajstić information content (AvgIpc) is 2.62. The van der Waals surface area contributed by atoms with Crippen LogP contribution in [0.2, 0.25) is 0 Å². The Bertz CT molecular complexity index is 883. The molecule has 132 valence electrons. The van der Waals surface area contributed by atoms with Crippen LogP contribution >= 0.6 is 23.5 Å². The molecular weight excluding hydrogens is 367 g/mol. The van der Waals surface area contributed by atoms with Gasteiger partial charge >= 0.3 is 0 Å². The number of rotatable bonds is 6. The van der Waals surface area contributed by atoms with Crippen LogP contribution in [0, 0.1) is 5.82 Å². The van der Waals surface area contributed by atoms with Crippen LogP contribution in [0.4, 0.5) is 4.39 Å². The second-order valence-electron chi connectivity index (χ2n) is 5.39. The lowest BCUT2D eigenvalue weighted by molar-refractivity contribution is -0.108. The predicted octanol–water partition coefficient (Wildman–Crippen LogP) is 6.00. The van der Waals surface area contributed by atoms with Crippen molar-refractivity contribution < 1.29 is 14.0 Å². The fraction of sp³-hybridized carbons (Fsp3) is 0.0476. The first kappa shape index (κ1) is 19.9. The van der Waals surface area contributed by atoms with Gasteiger partial charge in [0.15, 0.2) is 0 Å². The molecule has 2 rings (SSSR count). The molecule has 0 saturated carbocycles. The van der Waals surface area contributed by atoms with Crippen molar-refractivity contribution in [1.82, 2.24) is 0 Å². The van der Waals surface area contributed by atoms with Crippen LogP contribution in [0.5, 0.6) is 0 Å². The molecule has 0 radical (unpaired) electrons. The summed E-state index contributed by atoms with van der Waals surface area (Å²) in [6, 6.07) is 12.2. The van der Waals surface area contributed by atoms with Gasteiger partial charge in [0.25, 0.3) is 0 Å². The summed E-state index contributed by atoms with van der Waals surface area (Å²) in [4.78, 5) is 24.1. The third kappa shape index (κ3) is 5.86. The Labute approximate surface area is 160 Å². The zero-order chi connectivity index (χ0) is 19.1. The molecule has 0 heterocycles. The van der Waals surface area contributed by atoms with Gasteiger partial charge in [-0.2, -0.15) is 0 Å². The van der Waals surface area contributed by atoms with Crippen molar-refractivity contribution in [2.24, 2.45) is 0 Å². The van der Waals surface area contributed by atoms with Crippen LogP contribution in [-0.2, 0) is 9.59 Å². The molecule has 0 atom stereocenters. The van der Waals surface area contributed by atoms with E-state index < -0.39 is 5.82 Å². The molecule has 0 bridgehead atoms. The summed E-state index contributed by atoms with van der Waals surface area (Å²) < 4.78 is 14.1. The molecule has 2 aromatic carbocycles. The van der Waals surface area contributed by atoms with Crippen molar-refractivity contribution in [2.45, 2.75) is 16.7 Å². The van der Waals surface area contributed by atoms with Gasteiger partial charge in [-0.1, -0.05) is 43.5 Å². The maximum Gasteiger partial charge on any atom is 0.219 e. The minimum atomic E-state index is -0.443. The standard InChI is InChI=1S/C21H17FO2S2/c1-4-20(23)25-17-10-7-15(8-11-17)5-6-16-9-12-19(18(22)13-16)26-21(24)14(2)3/h4-13H,1-2H2,3H3. The largest absolute Gasteiger partial charge is 0.282 e. The summed E-state index contributed by atoms with van der Waals surface area (Å²) in [6.45, 7) is 8.60. The van der Waals surface area contributed by atoms with E-state index in [9.17, 15) is 14.0 Å². The van der Waals surface area contributed by atoms with Crippen LogP contribution < -0.4 is 0 Å². The first-order chi connectivity index (χ1) is 12.4. The van der Waals surface area contributed by atoms with Crippen molar-refractivity contribution in [3.63, 3.8) is 0 Å². The number of hydrogen-bond donors (Lipinski definition) is 0. The highest BCUT2D eigenvalue weighted by atomic mass is 32.2. The normalized spacial score (nSPS) is 10.7. The summed E-state index contributed by atoms with van der Waals surface area (Å²) in [6.07, 6.45) is 4.92. The van der Waals surface area contributed by atoms with Gasteiger partial charge in [0.05, 0.1) is 4.90 Å². The van der Waals surface area contributed by atoms with E-state index in [-0.39, 0.29) is 15.1 Å². The van der Waals surface area contributed by atoms with E-state index in [2.05, 4.69) is 13.2 Å². The number of carbonyl (C=O) groups is 2. The third-order valence-corrected chi connectivity index (χ3v) is 5.20. The summed E-state index contributed by atoms with van der Waals surface area (Å²) in [5.41, 5.74) is 2.00. The molecule has 5 heteroatoms. The minimum Gasteiger partial charge on any atom is -0.282 e. The molecular formula is C21H17FO2S2. The van der Waals surface area contributed by atoms with E-state index in [0.717, 1.165) is 34.0 Å². The number of thioether (sulfide) groups is 2. The first-order valence-electron chi connectivity index (χ1n) is 7.68. The summed E-state index contributed by atoms with van der Waals surface area (Å²) in [7, 11) is 0. The zero-order valence-electron chi connectivity index (χ0n) is 14.2. The summed E-state index contributed by atoms with van der Waals surface area (Å²) in [5, 5.41) is -0.355. The van der Waals surface area contributed by atoms with E-state index >= 15 is 0 Å². The predicted molar refractivity (Wildman–Crippen MR) is 109 cm³/mol. The van der Waals surface area contributed by atoms with Crippen LogP contribution in [0.3, 0.4) is 0 Å². The first-order valence-corrected chi connectivity index (χ1v) is 9.32. The minimum absolute atomic E-state index is 0.105.